The molecule has 0 amide bonds. The van der Waals surface area contributed by atoms with Gasteiger partial charge >= 0.3 is 0 Å². The molecule has 3 nitrogen and oxygen atoms in total. The van der Waals surface area contributed by atoms with Crippen molar-refractivity contribution < 1.29 is 0 Å². The zero-order valence-electron chi connectivity index (χ0n) is 10.1. The van der Waals surface area contributed by atoms with Crippen LogP contribution in [0, 0.1) is 6.92 Å². The zero-order chi connectivity index (χ0) is 12.3. The molecule has 0 aliphatic heterocycles. The van der Waals surface area contributed by atoms with Crippen LogP contribution in [0.3, 0.4) is 0 Å². The molecule has 2 rings (SSSR count). The summed E-state index contributed by atoms with van der Waals surface area (Å²) in [5.41, 5.74) is 3.48. The quantitative estimate of drug-likeness (QED) is 0.939. The minimum absolute atomic E-state index is 0.897. The molecular formula is C13H16BrN3. The van der Waals surface area contributed by atoms with Gasteiger partial charge in [-0.3, -0.25) is 4.68 Å². The molecule has 0 fully saturated rings. The Balaban J connectivity index is 2.26. The van der Waals surface area contributed by atoms with E-state index in [-0.39, 0.29) is 0 Å². The molecule has 0 radical (unpaired) electrons. The van der Waals surface area contributed by atoms with E-state index in [9.17, 15) is 0 Å². The van der Waals surface area contributed by atoms with Crippen LogP contribution >= 0.6 is 15.9 Å². The summed E-state index contributed by atoms with van der Waals surface area (Å²) in [4.78, 5) is 0. The van der Waals surface area contributed by atoms with Crippen LogP contribution in [-0.2, 0) is 6.54 Å². The molecule has 0 saturated heterocycles. The molecule has 0 unspecified atom stereocenters. The molecule has 2 aromatic rings. The molecule has 0 spiro atoms. The number of nitrogens with one attached hydrogen (secondary N) is 1. The van der Waals surface area contributed by atoms with Crippen molar-refractivity contribution in [1.29, 1.82) is 0 Å². The lowest BCUT2D eigenvalue weighted by Crippen LogP contribution is -2.15. The van der Waals surface area contributed by atoms with Gasteiger partial charge in [-0.15, -0.1) is 0 Å². The monoisotopic (exact) mass is 293 g/mol. The molecule has 1 N–H and O–H groups in total. The fourth-order valence-corrected chi connectivity index (χ4v) is 2.04. The van der Waals surface area contributed by atoms with Gasteiger partial charge in [0.2, 0.25) is 0 Å². The number of aromatic nitrogens is 2. The van der Waals surface area contributed by atoms with Crippen molar-refractivity contribution in [2.24, 2.45) is 0 Å². The molecule has 0 atom stereocenters. The van der Waals surface area contributed by atoms with Crippen molar-refractivity contribution >= 4 is 15.9 Å². The first kappa shape index (κ1) is 12.3. The minimum Gasteiger partial charge on any atom is -0.318 e. The summed E-state index contributed by atoms with van der Waals surface area (Å²) in [5, 5.41) is 7.64. The van der Waals surface area contributed by atoms with E-state index in [2.05, 4.69) is 56.8 Å². The molecule has 0 aliphatic rings. The van der Waals surface area contributed by atoms with Crippen LogP contribution < -0.4 is 5.32 Å². The molecule has 17 heavy (non-hydrogen) atoms. The normalized spacial score (nSPS) is 10.8. The summed E-state index contributed by atoms with van der Waals surface area (Å²) in [6, 6.07) is 8.33. The maximum atomic E-state index is 4.51. The fourth-order valence-electron chi connectivity index (χ4n) is 1.77. The second-order valence-electron chi connectivity index (χ2n) is 4.00. The van der Waals surface area contributed by atoms with E-state index >= 15 is 0 Å². The highest BCUT2D eigenvalue weighted by Crippen LogP contribution is 2.24. The van der Waals surface area contributed by atoms with E-state index in [0.29, 0.717) is 0 Å². The van der Waals surface area contributed by atoms with Crippen molar-refractivity contribution in [2.45, 2.75) is 13.5 Å². The van der Waals surface area contributed by atoms with E-state index < -0.39 is 0 Å². The van der Waals surface area contributed by atoms with Gasteiger partial charge in [0.15, 0.2) is 0 Å². The number of hydrogen-bond donors (Lipinski definition) is 1. The topological polar surface area (TPSA) is 29.9 Å². The van der Waals surface area contributed by atoms with Gasteiger partial charge in [0, 0.05) is 22.8 Å². The van der Waals surface area contributed by atoms with Crippen LogP contribution in [0.5, 0.6) is 0 Å². The number of halogens is 1. The molecule has 1 heterocycles. The Morgan fingerprint density at radius 1 is 1.29 bits per heavy atom. The van der Waals surface area contributed by atoms with Crippen LogP contribution in [0.25, 0.3) is 11.1 Å². The predicted molar refractivity (Wildman–Crippen MR) is 74.0 cm³/mol. The average molecular weight is 294 g/mol. The first-order valence-electron chi connectivity index (χ1n) is 5.65. The molecule has 1 aromatic heterocycles. The Morgan fingerprint density at radius 3 is 2.65 bits per heavy atom. The average Bonchev–Trinajstić information content (AvgIpc) is 2.69. The molecule has 4 heteroatoms. The van der Waals surface area contributed by atoms with Crippen LogP contribution in [0.1, 0.15) is 5.69 Å². The van der Waals surface area contributed by atoms with Crippen LogP contribution in [0.15, 0.2) is 34.9 Å². The Labute approximate surface area is 110 Å². The summed E-state index contributed by atoms with van der Waals surface area (Å²) >= 11 is 3.45. The van der Waals surface area contributed by atoms with E-state index in [4.69, 9.17) is 0 Å². The summed E-state index contributed by atoms with van der Waals surface area (Å²) in [5.74, 6) is 0. The summed E-state index contributed by atoms with van der Waals surface area (Å²) in [7, 11) is 1.95. The predicted octanol–water partition coefficient (Wildman–Crippen LogP) is 2.84. The third-order valence-electron chi connectivity index (χ3n) is 2.69. The maximum Gasteiger partial charge on any atom is 0.0672 e. The molecular weight excluding hydrogens is 278 g/mol. The SMILES string of the molecule is CNCCn1cc(-c2ccc(Br)cc2)c(C)n1. The lowest BCUT2D eigenvalue weighted by Gasteiger charge is -1.99. The summed E-state index contributed by atoms with van der Waals surface area (Å²) in [6.45, 7) is 3.88. The number of aryl methyl sites for hydroxylation is 1. The van der Waals surface area contributed by atoms with Gasteiger partial charge in [-0.05, 0) is 31.7 Å². The molecule has 90 valence electrons. The number of hydrogen-bond acceptors (Lipinski definition) is 2. The molecule has 1 aromatic carbocycles. The van der Waals surface area contributed by atoms with Gasteiger partial charge in [-0.25, -0.2) is 0 Å². The van der Waals surface area contributed by atoms with Crippen molar-refractivity contribution in [3.05, 3.63) is 40.6 Å². The van der Waals surface area contributed by atoms with Gasteiger partial charge in [0.05, 0.1) is 12.2 Å². The fraction of sp³-hybridized carbons (Fsp3) is 0.308. The van der Waals surface area contributed by atoms with Crippen molar-refractivity contribution in [1.82, 2.24) is 15.1 Å². The Bertz CT molecular complexity index is 488. The van der Waals surface area contributed by atoms with Crippen molar-refractivity contribution in [2.75, 3.05) is 13.6 Å². The second-order valence-corrected chi connectivity index (χ2v) is 4.92. The van der Waals surface area contributed by atoms with Gasteiger partial charge in [0.25, 0.3) is 0 Å². The Morgan fingerprint density at radius 2 is 2.00 bits per heavy atom. The van der Waals surface area contributed by atoms with E-state index in [1.54, 1.807) is 0 Å². The van der Waals surface area contributed by atoms with Crippen molar-refractivity contribution in [3.8, 4) is 11.1 Å². The van der Waals surface area contributed by atoms with Crippen LogP contribution in [0.4, 0.5) is 0 Å². The molecule has 0 saturated carbocycles. The first-order chi connectivity index (χ1) is 8.20. The van der Waals surface area contributed by atoms with Crippen LogP contribution in [-0.4, -0.2) is 23.4 Å². The molecule has 0 aliphatic carbocycles. The Hall–Kier alpha value is -1.13. The number of rotatable bonds is 4. The third-order valence-corrected chi connectivity index (χ3v) is 3.22. The van der Waals surface area contributed by atoms with E-state index in [0.717, 1.165) is 23.3 Å². The standard InChI is InChI=1S/C13H16BrN3/c1-10-13(9-17(16-10)8-7-15-2)11-3-5-12(14)6-4-11/h3-6,9,15H,7-8H2,1-2H3. The maximum absolute atomic E-state index is 4.51. The largest absolute Gasteiger partial charge is 0.318 e. The lowest BCUT2D eigenvalue weighted by molar-refractivity contribution is 0.581. The number of nitrogens with zero attached hydrogens (tertiary/aromatic N) is 2. The lowest BCUT2D eigenvalue weighted by atomic mass is 10.1. The highest BCUT2D eigenvalue weighted by molar-refractivity contribution is 9.10. The number of likely N-dealkylation sites (N-methyl/N-ethyl adjacent to an activating group) is 1. The van der Waals surface area contributed by atoms with Gasteiger partial charge < -0.3 is 5.32 Å². The smallest absolute Gasteiger partial charge is 0.0672 e. The number of benzene rings is 1. The van der Waals surface area contributed by atoms with Gasteiger partial charge in [-0.2, -0.15) is 5.10 Å². The van der Waals surface area contributed by atoms with E-state index in [1.165, 1.54) is 11.1 Å². The highest BCUT2D eigenvalue weighted by atomic mass is 79.9. The highest BCUT2D eigenvalue weighted by Gasteiger charge is 2.06. The minimum atomic E-state index is 0.897. The zero-order valence-corrected chi connectivity index (χ0v) is 11.7. The summed E-state index contributed by atoms with van der Waals surface area (Å²) < 4.78 is 3.09. The molecule has 0 bridgehead atoms. The van der Waals surface area contributed by atoms with Gasteiger partial charge in [0.1, 0.15) is 0 Å². The second kappa shape index (κ2) is 5.47. The van der Waals surface area contributed by atoms with Crippen molar-refractivity contribution in [3.63, 3.8) is 0 Å². The van der Waals surface area contributed by atoms with Gasteiger partial charge in [-0.1, -0.05) is 28.1 Å². The summed E-state index contributed by atoms with van der Waals surface area (Å²) in [6.07, 6.45) is 2.11. The third kappa shape index (κ3) is 2.96. The first-order valence-corrected chi connectivity index (χ1v) is 6.44. The Kier molecular flexibility index (Phi) is 3.97. The van der Waals surface area contributed by atoms with E-state index in [1.807, 2.05) is 18.7 Å². The van der Waals surface area contributed by atoms with Crippen LogP contribution in [0.2, 0.25) is 0 Å².